The molecule has 1 fully saturated rings. The Bertz CT molecular complexity index is 1570. The number of rotatable bonds is 7. The summed E-state index contributed by atoms with van der Waals surface area (Å²) in [6, 6.07) is 21.9. The molecule has 0 aliphatic carbocycles. The van der Waals surface area contributed by atoms with Crippen LogP contribution < -0.4 is 15.5 Å². The maximum Gasteiger partial charge on any atom is 0.258 e. The van der Waals surface area contributed by atoms with Gasteiger partial charge in [0, 0.05) is 49.6 Å². The summed E-state index contributed by atoms with van der Waals surface area (Å²) >= 11 is 0. The van der Waals surface area contributed by atoms with Crippen LogP contribution in [0.5, 0.6) is 0 Å². The SMILES string of the molecule is Cn1cc(C(=O)Nc2cccc(Cc3ccc4c(c3)C(C=Nc3ccc(N5CCOCC5)cc3)C(=O)N4)c2)cn1. The molecule has 1 unspecified atom stereocenters. The molecule has 40 heavy (non-hydrogen) atoms. The van der Waals surface area contributed by atoms with Crippen molar-refractivity contribution in [2.75, 3.05) is 41.8 Å². The van der Waals surface area contributed by atoms with Crippen LogP contribution in [0.3, 0.4) is 0 Å². The zero-order valence-electron chi connectivity index (χ0n) is 22.2. The number of anilines is 3. The van der Waals surface area contributed by atoms with Crippen molar-refractivity contribution in [3.63, 3.8) is 0 Å². The van der Waals surface area contributed by atoms with Gasteiger partial charge < -0.3 is 20.3 Å². The maximum absolute atomic E-state index is 12.8. The van der Waals surface area contributed by atoms with Gasteiger partial charge in [0.05, 0.1) is 30.7 Å². The molecule has 0 bridgehead atoms. The monoisotopic (exact) mass is 534 g/mol. The molecule has 1 saturated heterocycles. The number of benzene rings is 3. The van der Waals surface area contributed by atoms with Gasteiger partial charge in [-0.15, -0.1) is 0 Å². The molecule has 4 aromatic rings. The van der Waals surface area contributed by atoms with Crippen LogP contribution in [0.25, 0.3) is 0 Å². The molecule has 0 radical (unpaired) electrons. The first-order chi connectivity index (χ1) is 19.5. The van der Waals surface area contributed by atoms with Gasteiger partial charge in [-0.3, -0.25) is 19.3 Å². The van der Waals surface area contributed by atoms with Gasteiger partial charge in [0.1, 0.15) is 5.92 Å². The van der Waals surface area contributed by atoms with Gasteiger partial charge >= 0.3 is 0 Å². The van der Waals surface area contributed by atoms with Crippen LogP contribution in [0.15, 0.2) is 84.1 Å². The Kier molecular flexibility index (Phi) is 7.11. The van der Waals surface area contributed by atoms with Crippen LogP contribution in [0.2, 0.25) is 0 Å². The summed E-state index contributed by atoms with van der Waals surface area (Å²) in [5.41, 5.74) is 7.02. The molecule has 9 heteroatoms. The van der Waals surface area contributed by atoms with Gasteiger partial charge in [0.25, 0.3) is 5.91 Å². The number of carbonyl (C=O) groups is 2. The minimum atomic E-state index is -0.459. The van der Waals surface area contributed by atoms with E-state index in [1.54, 1.807) is 30.3 Å². The predicted molar refractivity (Wildman–Crippen MR) is 156 cm³/mol. The number of nitrogens with zero attached hydrogens (tertiary/aromatic N) is 4. The Labute approximate surface area is 232 Å². The second-order valence-electron chi connectivity index (χ2n) is 10.0. The van der Waals surface area contributed by atoms with E-state index in [1.807, 2.05) is 48.5 Å². The van der Waals surface area contributed by atoms with Crippen LogP contribution in [0.1, 0.15) is 33.0 Å². The first-order valence-corrected chi connectivity index (χ1v) is 13.3. The third-order valence-corrected chi connectivity index (χ3v) is 7.15. The second kappa shape index (κ2) is 11.2. The molecule has 0 spiro atoms. The van der Waals surface area contributed by atoms with Crippen molar-refractivity contribution < 1.29 is 14.3 Å². The molecule has 0 saturated carbocycles. The third-order valence-electron chi connectivity index (χ3n) is 7.15. The van der Waals surface area contributed by atoms with E-state index in [9.17, 15) is 9.59 Å². The number of aromatic nitrogens is 2. The van der Waals surface area contributed by atoms with Crippen LogP contribution in [-0.2, 0) is 23.0 Å². The third kappa shape index (κ3) is 5.64. The summed E-state index contributed by atoms with van der Waals surface area (Å²) in [5.74, 6) is -0.745. The van der Waals surface area contributed by atoms with Crippen LogP contribution in [-0.4, -0.2) is 54.1 Å². The number of carbonyl (C=O) groups excluding carboxylic acids is 2. The first-order valence-electron chi connectivity index (χ1n) is 13.3. The Balaban J connectivity index is 1.14. The van der Waals surface area contributed by atoms with Crippen LogP contribution in [0, 0.1) is 0 Å². The fourth-order valence-electron chi connectivity index (χ4n) is 5.06. The molecule has 202 valence electrons. The molecule has 3 heterocycles. The molecular formula is C31H30N6O3. The van der Waals surface area contributed by atoms with E-state index in [4.69, 9.17) is 4.74 Å². The van der Waals surface area contributed by atoms with Gasteiger partial charge in [-0.1, -0.05) is 24.3 Å². The lowest BCUT2D eigenvalue weighted by Crippen LogP contribution is -2.36. The lowest BCUT2D eigenvalue weighted by atomic mass is 9.96. The summed E-state index contributed by atoms with van der Waals surface area (Å²) in [4.78, 5) is 32.2. The normalized spacial score (nSPS) is 16.7. The molecule has 9 nitrogen and oxygen atoms in total. The minimum absolute atomic E-state index is 0.0825. The molecule has 6 rings (SSSR count). The number of fused-ring (bicyclic) bond motifs is 1. The molecule has 1 aromatic heterocycles. The molecule has 2 amide bonds. The van der Waals surface area contributed by atoms with Gasteiger partial charge in [0.2, 0.25) is 5.91 Å². The lowest BCUT2D eigenvalue weighted by Gasteiger charge is -2.28. The molecule has 3 aromatic carbocycles. The first kappa shape index (κ1) is 25.5. The standard InChI is InChI=1S/C31H30N6O3/c1-36-20-23(18-33-36)30(38)34-25-4-2-3-21(16-25)15-22-5-10-29-27(17-22)28(31(39)35-29)19-32-24-6-8-26(9-7-24)37-11-13-40-14-12-37/h2-10,16-20,28H,11-15H2,1H3,(H,34,38)(H,35,39). The summed E-state index contributed by atoms with van der Waals surface area (Å²) in [6.45, 7) is 3.25. The van der Waals surface area contributed by atoms with E-state index in [2.05, 4.69) is 43.8 Å². The number of hydrogen-bond donors (Lipinski definition) is 2. The lowest BCUT2D eigenvalue weighted by molar-refractivity contribution is -0.115. The number of morpholine rings is 1. The molecule has 2 aliphatic rings. The fraction of sp³-hybridized carbons (Fsp3) is 0.226. The predicted octanol–water partition coefficient (Wildman–Crippen LogP) is 4.54. The van der Waals surface area contributed by atoms with Gasteiger partial charge in [-0.2, -0.15) is 5.10 Å². The Morgan fingerprint density at radius 3 is 2.67 bits per heavy atom. The Hall–Kier alpha value is -4.76. The summed E-state index contributed by atoms with van der Waals surface area (Å²) in [7, 11) is 1.78. The van der Waals surface area contributed by atoms with E-state index in [1.165, 1.54) is 0 Å². The van der Waals surface area contributed by atoms with Crippen molar-refractivity contribution in [1.29, 1.82) is 0 Å². The quantitative estimate of drug-likeness (QED) is 0.339. The molecule has 1 atom stereocenters. The zero-order chi connectivity index (χ0) is 27.5. The van der Waals surface area contributed by atoms with Crippen molar-refractivity contribution in [3.8, 4) is 0 Å². The highest BCUT2D eigenvalue weighted by Crippen LogP contribution is 2.33. The van der Waals surface area contributed by atoms with E-state index in [-0.39, 0.29) is 11.8 Å². The van der Waals surface area contributed by atoms with Crippen molar-refractivity contribution >= 4 is 40.8 Å². The number of nitrogens with one attached hydrogen (secondary N) is 2. The average molecular weight is 535 g/mol. The molecule has 2 aliphatic heterocycles. The van der Waals surface area contributed by atoms with Crippen molar-refractivity contribution in [2.24, 2.45) is 12.0 Å². The highest BCUT2D eigenvalue weighted by molar-refractivity contribution is 6.12. The van der Waals surface area contributed by atoms with Crippen molar-refractivity contribution in [3.05, 3.63) is 101 Å². The highest BCUT2D eigenvalue weighted by atomic mass is 16.5. The fourth-order valence-corrected chi connectivity index (χ4v) is 5.06. The van der Waals surface area contributed by atoms with Crippen LogP contribution in [0.4, 0.5) is 22.7 Å². The van der Waals surface area contributed by atoms with Crippen molar-refractivity contribution in [2.45, 2.75) is 12.3 Å². The smallest absolute Gasteiger partial charge is 0.258 e. The average Bonchev–Trinajstić information content (AvgIpc) is 3.55. The largest absolute Gasteiger partial charge is 0.378 e. The van der Waals surface area contributed by atoms with E-state index in [0.717, 1.165) is 60.1 Å². The Morgan fingerprint density at radius 1 is 1.10 bits per heavy atom. The van der Waals surface area contributed by atoms with Gasteiger partial charge in [-0.25, -0.2) is 0 Å². The molecule has 2 N–H and O–H groups in total. The topological polar surface area (TPSA) is 101 Å². The number of aryl methyl sites for hydroxylation is 1. The highest BCUT2D eigenvalue weighted by Gasteiger charge is 2.29. The number of hydrogen-bond acceptors (Lipinski definition) is 6. The molecular weight excluding hydrogens is 504 g/mol. The number of ether oxygens (including phenoxy) is 1. The second-order valence-corrected chi connectivity index (χ2v) is 10.0. The Morgan fingerprint density at radius 2 is 1.90 bits per heavy atom. The van der Waals surface area contributed by atoms with Crippen LogP contribution >= 0.6 is 0 Å². The van der Waals surface area contributed by atoms with E-state index < -0.39 is 5.92 Å². The van der Waals surface area contributed by atoms with E-state index in [0.29, 0.717) is 17.7 Å². The summed E-state index contributed by atoms with van der Waals surface area (Å²) in [6.07, 6.45) is 5.60. The van der Waals surface area contributed by atoms with Gasteiger partial charge in [-0.05, 0) is 65.6 Å². The summed E-state index contributed by atoms with van der Waals surface area (Å²) < 4.78 is 7.03. The minimum Gasteiger partial charge on any atom is -0.378 e. The number of amides is 2. The summed E-state index contributed by atoms with van der Waals surface area (Å²) in [5, 5.41) is 9.96. The van der Waals surface area contributed by atoms with E-state index >= 15 is 0 Å². The van der Waals surface area contributed by atoms with Gasteiger partial charge in [0.15, 0.2) is 0 Å². The maximum atomic E-state index is 12.8. The van der Waals surface area contributed by atoms with Crippen molar-refractivity contribution in [1.82, 2.24) is 9.78 Å². The zero-order valence-corrected chi connectivity index (χ0v) is 22.2. The number of aliphatic imine (C=N–C) groups is 1.